The summed E-state index contributed by atoms with van der Waals surface area (Å²) in [5.41, 5.74) is 11.4. The molecule has 0 atom stereocenters. The van der Waals surface area contributed by atoms with Crippen LogP contribution in [0.2, 0.25) is 0 Å². The Labute approximate surface area is 212 Å². The molecule has 3 aromatic heterocycles. The fourth-order valence-electron chi connectivity index (χ4n) is 7.40. The Hall–Kier alpha value is -4.83. The highest BCUT2D eigenvalue weighted by Crippen LogP contribution is 2.44. The molecule has 0 N–H and O–H groups in total. The van der Waals surface area contributed by atoms with Crippen LogP contribution in [0.3, 0.4) is 0 Å². The van der Waals surface area contributed by atoms with E-state index in [0.717, 1.165) is 5.69 Å². The lowest BCUT2D eigenvalue weighted by Gasteiger charge is -2.34. The van der Waals surface area contributed by atoms with Crippen LogP contribution in [-0.2, 0) is 0 Å². The van der Waals surface area contributed by atoms with Gasteiger partial charge in [-0.25, -0.2) is 0 Å². The predicted molar refractivity (Wildman–Crippen MR) is 155 cm³/mol. The largest absolute Gasteiger partial charge is 0.374 e. The summed E-state index contributed by atoms with van der Waals surface area (Å²) in [4.78, 5) is 5.08. The van der Waals surface area contributed by atoms with E-state index >= 15 is 0 Å². The second-order valence-electron chi connectivity index (χ2n) is 10.3. The summed E-state index contributed by atoms with van der Waals surface area (Å²) in [6, 6.07) is 37.9. The first-order valence-corrected chi connectivity index (χ1v) is 12.9. The average Bonchev–Trinajstić information content (AvgIpc) is 3.48. The lowest BCUT2D eigenvalue weighted by Crippen LogP contribution is -2.55. The van der Waals surface area contributed by atoms with E-state index in [-0.39, 0.29) is 6.85 Å². The minimum absolute atomic E-state index is 0.0780. The third-order valence-corrected chi connectivity index (χ3v) is 8.72. The lowest BCUT2D eigenvalue weighted by atomic mass is 9.45. The van der Waals surface area contributed by atoms with Gasteiger partial charge in [-0.05, 0) is 46.0 Å². The molecule has 0 saturated heterocycles. The third kappa shape index (κ3) is 1.97. The molecular formula is C33H18BN3. The molecule has 0 unspecified atom stereocenters. The molecule has 0 fully saturated rings. The lowest BCUT2D eigenvalue weighted by molar-refractivity contribution is 1.17. The standard InChI is InChI=1S/C33H18BN3/c1-2-9-20-19(8-1)18-28-30-29(20)31-33-24(16-17-35-31)22-11-4-6-15-27(22)37(33)34(30)25-13-7-12-23-21-10-3-5-14-26(21)36(28)32(23)25/h1-18H. The van der Waals surface area contributed by atoms with Crippen LogP contribution in [0.15, 0.2) is 109 Å². The summed E-state index contributed by atoms with van der Waals surface area (Å²) < 4.78 is 5.09. The first-order valence-electron chi connectivity index (χ1n) is 12.9. The van der Waals surface area contributed by atoms with E-state index in [1.165, 1.54) is 76.6 Å². The van der Waals surface area contributed by atoms with Crippen LogP contribution >= 0.6 is 0 Å². The van der Waals surface area contributed by atoms with Crippen LogP contribution in [0.25, 0.3) is 71.3 Å². The van der Waals surface area contributed by atoms with Crippen LogP contribution in [0.1, 0.15) is 0 Å². The fraction of sp³-hybridized carbons (Fsp3) is 0. The quantitative estimate of drug-likeness (QED) is 0.237. The summed E-state index contributed by atoms with van der Waals surface area (Å²) in [7, 11) is 0. The highest BCUT2D eigenvalue weighted by Gasteiger charge is 2.42. The molecule has 0 spiro atoms. The van der Waals surface area contributed by atoms with E-state index < -0.39 is 0 Å². The summed E-state index contributed by atoms with van der Waals surface area (Å²) in [5, 5.41) is 7.71. The second-order valence-corrected chi connectivity index (χ2v) is 10.3. The zero-order valence-electron chi connectivity index (χ0n) is 19.8. The van der Waals surface area contributed by atoms with Gasteiger partial charge in [-0.2, -0.15) is 0 Å². The van der Waals surface area contributed by atoms with Gasteiger partial charge in [0.2, 0.25) is 0 Å². The number of rotatable bonds is 0. The molecule has 2 aliphatic rings. The van der Waals surface area contributed by atoms with Crippen molar-refractivity contribution in [2.45, 2.75) is 0 Å². The molecule has 0 bridgehead atoms. The predicted octanol–water partition coefficient (Wildman–Crippen LogP) is 6.39. The molecule has 0 aliphatic carbocycles. The first-order chi connectivity index (χ1) is 18.4. The van der Waals surface area contributed by atoms with Gasteiger partial charge in [0.15, 0.2) is 0 Å². The molecule has 10 rings (SSSR count). The van der Waals surface area contributed by atoms with Crippen molar-refractivity contribution in [3.8, 4) is 16.9 Å². The molecule has 3 nitrogen and oxygen atoms in total. The maximum Gasteiger partial charge on any atom is 0.333 e. The number of benzene rings is 5. The van der Waals surface area contributed by atoms with Crippen molar-refractivity contribution in [2.75, 3.05) is 0 Å². The van der Waals surface area contributed by atoms with Gasteiger partial charge in [0.25, 0.3) is 0 Å². The Kier molecular flexibility index (Phi) is 3.04. The molecule has 0 radical (unpaired) electrons. The van der Waals surface area contributed by atoms with Gasteiger partial charge in [0.05, 0.1) is 22.2 Å². The van der Waals surface area contributed by atoms with Crippen LogP contribution in [0.4, 0.5) is 0 Å². The molecule has 5 aromatic carbocycles. The average molecular weight is 467 g/mol. The highest BCUT2D eigenvalue weighted by molar-refractivity contribution is 6.90. The van der Waals surface area contributed by atoms with E-state index in [1.807, 2.05) is 6.20 Å². The molecule has 4 heteroatoms. The minimum atomic E-state index is 0.0780. The summed E-state index contributed by atoms with van der Waals surface area (Å²) >= 11 is 0. The number of nitrogens with zero attached hydrogens (tertiary/aromatic N) is 3. The Morgan fingerprint density at radius 3 is 2.19 bits per heavy atom. The SMILES string of the molecule is c1ccc2c3c4c(cc2c1)-n1c2ccccc2c2cccc(c21)B4n1c2ccccc2c2ccnc-3c21. The molecule has 8 aromatic rings. The zero-order chi connectivity index (χ0) is 23.8. The number of pyridine rings is 1. The highest BCUT2D eigenvalue weighted by atomic mass is 15.0. The van der Waals surface area contributed by atoms with Crippen LogP contribution in [-0.4, -0.2) is 20.9 Å². The minimum Gasteiger partial charge on any atom is -0.374 e. The van der Waals surface area contributed by atoms with Crippen LogP contribution in [0, 0.1) is 0 Å². The third-order valence-electron chi connectivity index (χ3n) is 8.72. The summed E-state index contributed by atoms with van der Waals surface area (Å²) in [5.74, 6) is 0. The van der Waals surface area contributed by atoms with Crippen molar-refractivity contribution in [1.29, 1.82) is 0 Å². The fourth-order valence-corrected chi connectivity index (χ4v) is 7.40. The van der Waals surface area contributed by atoms with E-state index in [0.29, 0.717) is 0 Å². The topological polar surface area (TPSA) is 22.8 Å². The molecule has 0 saturated carbocycles. The first kappa shape index (κ1) is 18.4. The summed E-state index contributed by atoms with van der Waals surface area (Å²) in [6.07, 6.45) is 1.99. The molecule has 37 heavy (non-hydrogen) atoms. The van der Waals surface area contributed by atoms with Crippen molar-refractivity contribution < 1.29 is 0 Å². The molecule has 2 aliphatic heterocycles. The van der Waals surface area contributed by atoms with Gasteiger partial charge < -0.3 is 9.05 Å². The maximum absolute atomic E-state index is 5.08. The van der Waals surface area contributed by atoms with Gasteiger partial charge in [-0.1, -0.05) is 78.9 Å². The normalized spacial score (nSPS) is 13.4. The monoisotopic (exact) mass is 467 g/mol. The van der Waals surface area contributed by atoms with E-state index in [9.17, 15) is 0 Å². The smallest absolute Gasteiger partial charge is 0.333 e. The van der Waals surface area contributed by atoms with Crippen molar-refractivity contribution in [2.24, 2.45) is 0 Å². The summed E-state index contributed by atoms with van der Waals surface area (Å²) in [6.45, 7) is 0.0780. The van der Waals surface area contributed by atoms with Gasteiger partial charge in [-0.15, -0.1) is 0 Å². The number of fused-ring (bicyclic) bond motifs is 12. The zero-order valence-corrected chi connectivity index (χ0v) is 19.8. The van der Waals surface area contributed by atoms with Gasteiger partial charge in [-0.3, -0.25) is 4.98 Å². The van der Waals surface area contributed by atoms with Crippen LogP contribution < -0.4 is 10.9 Å². The number of para-hydroxylation sites is 3. The van der Waals surface area contributed by atoms with Crippen molar-refractivity contribution in [3.63, 3.8) is 0 Å². The van der Waals surface area contributed by atoms with Gasteiger partial charge in [0, 0.05) is 44.5 Å². The van der Waals surface area contributed by atoms with Crippen molar-refractivity contribution in [3.05, 3.63) is 109 Å². The maximum atomic E-state index is 5.08. The number of aromatic nitrogens is 3. The Morgan fingerprint density at radius 2 is 1.30 bits per heavy atom. The second kappa shape index (κ2) is 6.11. The Morgan fingerprint density at radius 1 is 0.595 bits per heavy atom. The Balaban J connectivity index is 1.56. The van der Waals surface area contributed by atoms with E-state index in [2.05, 4.69) is 112 Å². The molecular weight excluding hydrogens is 449 g/mol. The molecule has 0 amide bonds. The number of hydrogen-bond acceptors (Lipinski definition) is 1. The van der Waals surface area contributed by atoms with E-state index in [4.69, 9.17) is 4.98 Å². The number of hydrogen-bond donors (Lipinski definition) is 0. The van der Waals surface area contributed by atoms with Crippen molar-refractivity contribution >= 4 is 72.2 Å². The molecule has 168 valence electrons. The van der Waals surface area contributed by atoms with Crippen molar-refractivity contribution in [1.82, 2.24) is 14.0 Å². The Bertz CT molecular complexity index is 2320. The van der Waals surface area contributed by atoms with Gasteiger partial charge >= 0.3 is 6.85 Å². The van der Waals surface area contributed by atoms with Gasteiger partial charge in [0.1, 0.15) is 0 Å². The molecule has 5 heterocycles. The van der Waals surface area contributed by atoms with Crippen LogP contribution in [0.5, 0.6) is 0 Å². The van der Waals surface area contributed by atoms with E-state index in [1.54, 1.807) is 0 Å².